The summed E-state index contributed by atoms with van der Waals surface area (Å²) in [5, 5.41) is 2.02. The lowest BCUT2D eigenvalue weighted by Crippen LogP contribution is -2.13. The zero-order valence-corrected chi connectivity index (χ0v) is 14.5. The van der Waals surface area contributed by atoms with Crippen LogP contribution in [0.4, 0.5) is 0 Å². The first-order valence-corrected chi connectivity index (χ1v) is 8.65. The molecule has 3 rings (SSSR count). The Balaban J connectivity index is 2.16. The van der Waals surface area contributed by atoms with Crippen LogP contribution in [0.25, 0.3) is 11.1 Å². The normalized spacial score (nSPS) is 10.6. The Morgan fingerprint density at radius 2 is 1.96 bits per heavy atom. The number of carbonyl (C=O) groups excluding carboxylic acids is 1. The number of nitrogens with zero attached hydrogens (tertiary/aromatic N) is 1. The third kappa shape index (κ3) is 3.21. The van der Waals surface area contributed by atoms with Gasteiger partial charge in [-0.3, -0.25) is 0 Å². The highest BCUT2D eigenvalue weighted by Gasteiger charge is 2.24. The Labute approximate surface area is 145 Å². The summed E-state index contributed by atoms with van der Waals surface area (Å²) in [4.78, 5) is 13.6. The van der Waals surface area contributed by atoms with Gasteiger partial charge in [-0.1, -0.05) is 36.4 Å². The Morgan fingerprint density at radius 1 is 1.17 bits per heavy atom. The summed E-state index contributed by atoms with van der Waals surface area (Å²) < 4.78 is 12.7. The highest BCUT2D eigenvalue weighted by molar-refractivity contribution is 7.09. The van der Waals surface area contributed by atoms with Crippen molar-refractivity contribution in [2.75, 3.05) is 13.7 Å². The number of benzene rings is 1. The number of methoxy groups -OCH3 is 1. The molecule has 3 aromatic rings. The highest BCUT2D eigenvalue weighted by atomic mass is 32.1. The zero-order valence-electron chi connectivity index (χ0n) is 13.7. The van der Waals surface area contributed by atoms with Crippen molar-refractivity contribution in [3.8, 4) is 17.0 Å². The van der Waals surface area contributed by atoms with Crippen molar-refractivity contribution < 1.29 is 14.3 Å². The molecular formula is C19H19NO3S. The van der Waals surface area contributed by atoms with Gasteiger partial charge in [-0.2, -0.15) is 0 Å². The van der Waals surface area contributed by atoms with Gasteiger partial charge < -0.3 is 14.0 Å². The maximum Gasteiger partial charge on any atom is 0.355 e. The van der Waals surface area contributed by atoms with Crippen LogP contribution in [-0.4, -0.2) is 24.3 Å². The maximum atomic E-state index is 12.5. The van der Waals surface area contributed by atoms with Crippen LogP contribution < -0.4 is 4.74 Å². The fraction of sp³-hybridized carbons (Fsp3) is 0.211. The molecule has 0 saturated carbocycles. The van der Waals surface area contributed by atoms with Crippen LogP contribution in [0.1, 0.15) is 22.3 Å². The second-order valence-corrected chi connectivity index (χ2v) is 6.23. The largest absolute Gasteiger partial charge is 0.479 e. The number of rotatable bonds is 6. The summed E-state index contributed by atoms with van der Waals surface area (Å²) in [5.74, 6) is 0.307. The lowest BCUT2D eigenvalue weighted by atomic mass is 10.1. The van der Waals surface area contributed by atoms with E-state index in [1.807, 2.05) is 65.4 Å². The quantitative estimate of drug-likeness (QED) is 0.622. The lowest BCUT2D eigenvalue weighted by Gasteiger charge is -2.12. The van der Waals surface area contributed by atoms with Crippen LogP contribution in [0.5, 0.6) is 5.88 Å². The minimum absolute atomic E-state index is 0.364. The molecule has 4 nitrogen and oxygen atoms in total. The van der Waals surface area contributed by atoms with Crippen molar-refractivity contribution in [3.63, 3.8) is 0 Å². The average Bonchev–Trinajstić information content (AvgIpc) is 3.24. The monoisotopic (exact) mass is 341 g/mol. The molecule has 2 aromatic heterocycles. The molecule has 0 unspecified atom stereocenters. The van der Waals surface area contributed by atoms with Crippen molar-refractivity contribution in [2.45, 2.75) is 13.5 Å². The summed E-state index contributed by atoms with van der Waals surface area (Å²) in [5.41, 5.74) is 2.30. The van der Waals surface area contributed by atoms with Gasteiger partial charge >= 0.3 is 5.97 Å². The second kappa shape index (κ2) is 7.36. The molecule has 2 heterocycles. The topological polar surface area (TPSA) is 40.5 Å². The van der Waals surface area contributed by atoms with Gasteiger partial charge in [0.05, 0.1) is 20.3 Å². The van der Waals surface area contributed by atoms with Gasteiger partial charge in [0.25, 0.3) is 0 Å². The third-order valence-corrected chi connectivity index (χ3v) is 4.57. The van der Waals surface area contributed by atoms with Crippen LogP contribution in [0, 0.1) is 0 Å². The third-order valence-electron chi connectivity index (χ3n) is 3.71. The molecule has 1 aromatic carbocycles. The molecule has 0 spiro atoms. The highest BCUT2D eigenvalue weighted by Crippen LogP contribution is 2.33. The van der Waals surface area contributed by atoms with E-state index in [-0.39, 0.29) is 5.97 Å². The summed E-state index contributed by atoms with van der Waals surface area (Å²) in [7, 11) is 1.40. The molecule has 24 heavy (non-hydrogen) atoms. The zero-order chi connectivity index (χ0) is 16.9. The van der Waals surface area contributed by atoms with E-state index in [2.05, 4.69) is 0 Å². The number of hydrogen-bond donors (Lipinski definition) is 0. The molecule has 0 N–H and O–H groups in total. The maximum absolute atomic E-state index is 12.5. The molecular weight excluding hydrogens is 322 g/mol. The molecule has 124 valence electrons. The van der Waals surface area contributed by atoms with Crippen molar-refractivity contribution in [1.82, 2.24) is 4.57 Å². The Hall–Kier alpha value is -2.53. The number of thiophene rings is 1. The van der Waals surface area contributed by atoms with Crippen LogP contribution in [0.15, 0.2) is 53.9 Å². The van der Waals surface area contributed by atoms with Crippen LogP contribution in [-0.2, 0) is 11.3 Å². The Bertz CT molecular complexity index is 807. The van der Waals surface area contributed by atoms with Crippen molar-refractivity contribution in [3.05, 3.63) is 64.5 Å². The first-order valence-electron chi connectivity index (χ1n) is 7.77. The van der Waals surface area contributed by atoms with Crippen LogP contribution in [0.2, 0.25) is 0 Å². The van der Waals surface area contributed by atoms with Gasteiger partial charge in [0, 0.05) is 16.5 Å². The minimum atomic E-state index is -0.364. The molecule has 0 fully saturated rings. The van der Waals surface area contributed by atoms with Gasteiger partial charge in [-0.15, -0.1) is 11.3 Å². The second-order valence-electron chi connectivity index (χ2n) is 5.20. The molecule has 0 saturated heterocycles. The van der Waals surface area contributed by atoms with Crippen molar-refractivity contribution >= 4 is 17.3 Å². The molecule has 0 atom stereocenters. The van der Waals surface area contributed by atoms with Crippen molar-refractivity contribution in [2.24, 2.45) is 0 Å². The van der Waals surface area contributed by atoms with Crippen molar-refractivity contribution in [1.29, 1.82) is 0 Å². The van der Waals surface area contributed by atoms with Gasteiger partial charge in [-0.05, 0) is 23.9 Å². The summed E-state index contributed by atoms with van der Waals surface area (Å²) in [6.45, 7) is 3.04. The van der Waals surface area contributed by atoms with E-state index in [0.29, 0.717) is 24.7 Å². The molecule has 0 aliphatic heterocycles. The summed E-state index contributed by atoms with van der Waals surface area (Å²) in [6.07, 6.45) is 0. The van der Waals surface area contributed by atoms with E-state index < -0.39 is 0 Å². The Morgan fingerprint density at radius 3 is 2.58 bits per heavy atom. The molecule has 0 radical (unpaired) electrons. The van der Waals surface area contributed by atoms with Gasteiger partial charge in [-0.25, -0.2) is 4.79 Å². The molecule has 0 aliphatic rings. The molecule has 5 heteroatoms. The van der Waals surface area contributed by atoms with E-state index in [1.54, 1.807) is 11.3 Å². The average molecular weight is 341 g/mol. The number of ether oxygens (including phenoxy) is 2. The number of carbonyl (C=O) groups is 1. The first-order chi connectivity index (χ1) is 11.7. The first kappa shape index (κ1) is 16.3. The van der Waals surface area contributed by atoms with Gasteiger partial charge in [0.15, 0.2) is 5.88 Å². The summed E-state index contributed by atoms with van der Waals surface area (Å²) in [6, 6.07) is 15.8. The smallest absolute Gasteiger partial charge is 0.355 e. The summed E-state index contributed by atoms with van der Waals surface area (Å²) >= 11 is 1.65. The van der Waals surface area contributed by atoms with E-state index in [4.69, 9.17) is 9.47 Å². The molecule has 0 amide bonds. The predicted molar refractivity (Wildman–Crippen MR) is 95.8 cm³/mol. The van der Waals surface area contributed by atoms with E-state index in [9.17, 15) is 4.79 Å². The van der Waals surface area contributed by atoms with Crippen LogP contribution in [0.3, 0.4) is 0 Å². The van der Waals surface area contributed by atoms with E-state index in [0.717, 1.165) is 16.0 Å². The lowest BCUT2D eigenvalue weighted by molar-refractivity contribution is 0.0588. The van der Waals surface area contributed by atoms with E-state index in [1.165, 1.54) is 7.11 Å². The Kier molecular flexibility index (Phi) is 5.01. The van der Waals surface area contributed by atoms with Gasteiger partial charge in [0.1, 0.15) is 5.69 Å². The van der Waals surface area contributed by atoms with Gasteiger partial charge in [0.2, 0.25) is 0 Å². The minimum Gasteiger partial charge on any atom is -0.479 e. The SMILES string of the molecule is CCOc1cc(-c2ccccc2)c(C(=O)OC)n1Cc1cccs1. The van der Waals surface area contributed by atoms with E-state index >= 15 is 0 Å². The standard InChI is InChI=1S/C19H19NO3S/c1-3-23-17-12-16(14-8-5-4-6-9-14)18(19(21)22-2)20(17)13-15-10-7-11-24-15/h4-12H,3,13H2,1-2H3. The van der Waals surface area contributed by atoms with Crippen LogP contribution >= 0.6 is 11.3 Å². The number of hydrogen-bond acceptors (Lipinski definition) is 4. The predicted octanol–water partition coefficient (Wildman–Crippen LogP) is 4.45. The fourth-order valence-corrected chi connectivity index (χ4v) is 3.36. The fourth-order valence-electron chi connectivity index (χ4n) is 2.66. The number of aromatic nitrogens is 1. The number of esters is 1. The molecule has 0 aliphatic carbocycles. The molecule has 0 bridgehead atoms.